The summed E-state index contributed by atoms with van der Waals surface area (Å²) in [7, 11) is -3.39. The van der Waals surface area contributed by atoms with Gasteiger partial charge in [0, 0.05) is 36.5 Å². The Morgan fingerprint density at radius 3 is 2.29 bits per heavy atom. The molecule has 1 aromatic heterocycles. The minimum Gasteiger partial charge on any atom is -0.336 e. The van der Waals surface area contributed by atoms with Crippen LogP contribution in [-0.2, 0) is 22.6 Å². The van der Waals surface area contributed by atoms with E-state index in [4.69, 9.17) is 11.6 Å². The van der Waals surface area contributed by atoms with E-state index in [0.717, 1.165) is 16.9 Å². The second-order valence-electron chi connectivity index (χ2n) is 8.36. The number of sulfone groups is 1. The van der Waals surface area contributed by atoms with Crippen molar-refractivity contribution in [1.29, 1.82) is 0 Å². The van der Waals surface area contributed by atoms with Gasteiger partial charge in [-0.1, -0.05) is 54.1 Å². The number of hydrogen-bond donors (Lipinski definition) is 0. The summed E-state index contributed by atoms with van der Waals surface area (Å²) in [5, 5.41) is -0.331. The molecule has 2 aromatic carbocycles. The maximum absolute atomic E-state index is 14.1. The molecule has 2 heterocycles. The second kappa shape index (κ2) is 9.11. The van der Waals surface area contributed by atoms with Crippen molar-refractivity contribution >= 4 is 27.3 Å². The van der Waals surface area contributed by atoms with Gasteiger partial charge in [-0.05, 0) is 35.7 Å². The number of aromatic nitrogens is 1. The predicted octanol–water partition coefficient (Wildman–Crippen LogP) is 5.13. The van der Waals surface area contributed by atoms with Crippen molar-refractivity contribution in [2.24, 2.45) is 0 Å². The van der Waals surface area contributed by atoms with Gasteiger partial charge in [0.15, 0.2) is 9.84 Å². The number of benzene rings is 2. The lowest BCUT2D eigenvalue weighted by Crippen LogP contribution is -2.33. The molecule has 1 fully saturated rings. The maximum atomic E-state index is 14.1. The Hall–Kier alpha value is -2.78. The second-order valence-corrected chi connectivity index (χ2v) is 11.1. The van der Waals surface area contributed by atoms with E-state index in [-0.39, 0.29) is 37.3 Å². The monoisotopic (exact) mass is 510 g/mol. The molecule has 10 heteroatoms. The van der Waals surface area contributed by atoms with E-state index in [9.17, 15) is 26.4 Å². The van der Waals surface area contributed by atoms with E-state index >= 15 is 0 Å². The first-order chi connectivity index (χ1) is 15.9. The van der Waals surface area contributed by atoms with E-state index in [0.29, 0.717) is 16.1 Å². The van der Waals surface area contributed by atoms with Gasteiger partial charge in [0.2, 0.25) is 0 Å². The molecule has 34 heavy (non-hydrogen) atoms. The van der Waals surface area contributed by atoms with Crippen LogP contribution in [0, 0.1) is 0 Å². The van der Waals surface area contributed by atoms with Crippen molar-refractivity contribution in [2.45, 2.75) is 24.4 Å². The summed E-state index contributed by atoms with van der Waals surface area (Å²) in [5.74, 6) is -0.637. The Morgan fingerprint density at radius 1 is 1.09 bits per heavy atom. The number of amides is 1. The van der Waals surface area contributed by atoms with Gasteiger partial charge >= 0.3 is 6.18 Å². The van der Waals surface area contributed by atoms with Crippen molar-refractivity contribution in [2.75, 3.05) is 19.3 Å². The van der Waals surface area contributed by atoms with Gasteiger partial charge < -0.3 is 9.47 Å². The van der Waals surface area contributed by atoms with Crippen molar-refractivity contribution in [1.82, 2.24) is 9.47 Å². The summed E-state index contributed by atoms with van der Waals surface area (Å²) in [6.45, 7) is -0.0855. The lowest BCUT2D eigenvalue weighted by Gasteiger charge is -2.21. The highest BCUT2D eigenvalue weighted by molar-refractivity contribution is 7.91. The zero-order valence-corrected chi connectivity index (χ0v) is 19.8. The van der Waals surface area contributed by atoms with Crippen LogP contribution in [0.1, 0.15) is 28.2 Å². The number of carbonyl (C=O) groups excluding carboxylic acids is 1. The fraction of sp³-hybridized carbons (Fsp3) is 0.292. The third-order valence-corrected chi connectivity index (χ3v) is 7.81. The highest BCUT2D eigenvalue weighted by atomic mass is 35.5. The van der Waals surface area contributed by atoms with E-state index in [2.05, 4.69) is 0 Å². The zero-order chi connectivity index (χ0) is 24.7. The lowest BCUT2D eigenvalue weighted by atomic mass is 10.0. The van der Waals surface area contributed by atoms with Crippen molar-refractivity contribution in [3.8, 4) is 11.1 Å². The summed E-state index contributed by atoms with van der Waals surface area (Å²) in [4.78, 5) is 15.0. The van der Waals surface area contributed by atoms with Gasteiger partial charge in [-0.25, -0.2) is 8.42 Å². The quantitative estimate of drug-likeness (QED) is 0.478. The number of rotatable bonds is 5. The molecule has 1 amide bonds. The maximum Gasteiger partial charge on any atom is 0.431 e. The summed E-state index contributed by atoms with van der Waals surface area (Å²) in [6.07, 6.45) is -3.37. The van der Waals surface area contributed by atoms with Gasteiger partial charge in [-0.15, -0.1) is 0 Å². The average molecular weight is 511 g/mol. The third kappa shape index (κ3) is 5.00. The SMILES string of the molecule is CS(=O)(=O)C1CCN(C(=O)c2c(-c3ccc(Cl)cc3)cc(C(F)(F)F)n2Cc2ccccc2)C1. The number of halogens is 4. The van der Waals surface area contributed by atoms with Crippen molar-refractivity contribution in [3.05, 3.63) is 82.6 Å². The molecule has 180 valence electrons. The summed E-state index contributed by atoms with van der Waals surface area (Å²) >= 11 is 5.96. The summed E-state index contributed by atoms with van der Waals surface area (Å²) in [6, 6.07) is 15.7. The van der Waals surface area contributed by atoms with Crippen LogP contribution in [0.3, 0.4) is 0 Å². The number of likely N-dealkylation sites (tertiary alicyclic amines) is 1. The predicted molar refractivity (Wildman–Crippen MR) is 125 cm³/mol. The van der Waals surface area contributed by atoms with E-state index in [1.165, 1.54) is 4.90 Å². The van der Waals surface area contributed by atoms with Gasteiger partial charge in [0.25, 0.3) is 5.91 Å². The van der Waals surface area contributed by atoms with Crippen LogP contribution < -0.4 is 0 Å². The summed E-state index contributed by atoms with van der Waals surface area (Å²) < 4.78 is 67.4. The highest BCUT2D eigenvalue weighted by Gasteiger charge is 2.40. The molecule has 1 saturated heterocycles. The van der Waals surface area contributed by atoms with E-state index < -0.39 is 32.9 Å². The topological polar surface area (TPSA) is 59.4 Å². The molecule has 1 unspecified atom stereocenters. The van der Waals surface area contributed by atoms with Crippen LogP contribution in [0.2, 0.25) is 5.02 Å². The van der Waals surface area contributed by atoms with Gasteiger partial charge in [0.05, 0.1) is 5.25 Å². The number of nitrogens with zero attached hydrogens (tertiary/aromatic N) is 2. The minimum atomic E-state index is -4.71. The zero-order valence-electron chi connectivity index (χ0n) is 18.2. The molecule has 0 radical (unpaired) electrons. The fourth-order valence-electron chi connectivity index (χ4n) is 4.21. The molecule has 0 bridgehead atoms. The van der Waals surface area contributed by atoms with Gasteiger partial charge in [-0.3, -0.25) is 4.79 Å². The first kappa shape index (κ1) is 24.3. The number of hydrogen-bond acceptors (Lipinski definition) is 3. The minimum absolute atomic E-state index is 0.0599. The molecular weight excluding hydrogens is 489 g/mol. The van der Waals surface area contributed by atoms with Crippen LogP contribution in [-0.4, -0.2) is 48.4 Å². The largest absolute Gasteiger partial charge is 0.431 e. The third-order valence-electron chi connectivity index (χ3n) is 5.97. The normalized spacial score (nSPS) is 16.7. The van der Waals surface area contributed by atoms with E-state index in [1.807, 2.05) is 0 Å². The molecule has 1 aliphatic heterocycles. The molecule has 3 aromatic rings. The van der Waals surface area contributed by atoms with Crippen LogP contribution >= 0.6 is 11.6 Å². The van der Waals surface area contributed by atoms with Crippen LogP contribution in [0.25, 0.3) is 11.1 Å². The molecule has 4 rings (SSSR count). The standard InChI is InChI=1S/C24H22ClF3N2O3S/c1-34(32,33)19-11-12-29(15-19)23(31)22-20(17-7-9-18(25)10-8-17)13-21(24(26,27)28)30(22)14-16-5-3-2-4-6-16/h2-10,13,19H,11-12,14-15H2,1H3. The van der Waals surface area contributed by atoms with Crippen molar-refractivity contribution < 1.29 is 26.4 Å². The van der Waals surface area contributed by atoms with Gasteiger partial charge in [0.1, 0.15) is 11.4 Å². The highest BCUT2D eigenvalue weighted by Crippen LogP contribution is 2.38. The van der Waals surface area contributed by atoms with Crippen LogP contribution in [0.4, 0.5) is 13.2 Å². The molecular formula is C24H22ClF3N2O3S. The smallest absolute Gasteiger partial charge is 0.336 e. The number of carbonyl (C=O) groups is 1. The van der Waals surface area contributed by atoms with E-state index in [1.54, 1.807) is 54.6 Å². The Balaban J connectivity index is 1.88. The first-order valence-electron chi connectivity index (χ1n) is 10.5. The van der Waals surface area contributed by atoms with Gasteiger partial charge in [-0.2, -0.15) is 13.2 Å². The molecule has 0 spiro atoms. The molecule has 0 saturated carbocycles. The molecule has 1 atom stereocenters. The molecule has 5 nitrogen and oxygen atoms in total. The Kier molecular flexibility index (Phi) is 6.52. The molecule has 1 aliphatic rings. The molecule has 0 N–H and O–H groups in total. The number of alkyl halides is 3. The van der Waals surface area contributed by atoms with Crippen LogP contribution in [0.15, 0.2) is 60.7 Å². The lowest BCUT2D eigenvalue weighted by molar-refractivity contribution is -0.143. The summed E-state index contributed by atoms with van der Waals surface area (Å²) in [5.41, 5.74) is 0.0311. The first-order valence-corrected chi connectivity index (χ1v) is 12.9. The molecule has 0 aliphatic carbocycles. The van der Waals surface area contributed by atoms with Crippen LogP contribution in [0.5, 0.6) is 0 Å². The van der Waals surface area contributed by atoms with Crippen molar-refractivity contribution in [3.63, 3.8) is 0 Å². The Bertz CT molecular complexity index is 1300. The fourth-order valence-corrected chi connectivity index (χ4v) is 5.32. The average Bonchev–Trinajstić information content (AvgIpc) is 3.40. The Labute approximate surface area is 200 Å². The Morgan fingerprint density at radius 2 is 1.74 bits per heavy atom.